The molecule has 2 fully saturated rings. The minimum Gasteiger partial charge on any atom is -0.385 e. The van der Waals surface area contributed by atoms with Crippen LogP contribution in [-0.2, 0) is 14.3 Å². The lowest BCUT2D eigenvalue weighted by molar-refractivity contribution is -0.188. The van der Waals surface area contributed by atoms with Crippen molar-refractivity contribution in [2.75, 3.05) is 6.61 Å². The van der Waals surface area contributed by atoms with Gasteiger partial charge in [-0.25, -0.2) is 0 Å². The Bertz CT molecular complexity index is 461. The lowest BCUT2D eigenvalue weighted by Gasteiger charge is -2.49. The largest absolute Gasteiger partial charge is 0.385 e. The lowest BCUT2D eigenvalue weighted by atomic mass is 9.57. The molecule has 1 spiro atoms. The molecule has 146 valence electrons. The van der Waals surface area contributed by atoms with Crippen LogP contribution >= 0.6 is 0 Å². The average Bonchev–Trinajstić information content (AvgIpc) is 2.94. The Kier molecular flexibility index (Phi) is 6.39. The SMILES string of the molecule is CCC(C)C(C)(C(O)C(=O)CC1COC2(CCCCC2)O1)C(C)(C)C. The molecule has 4 unspecified atom stereocenters. The molecule has 1 N–H and O–H groups in total. The fourth-order valence-electron chi connectivity index (χ4n) is 4.58. The Morgan fingerprint density at radius 2 is 1.80 bits per heavy atom. The molecule has 0 radical (unpaired) electrons. The zero-order chi connectivity index (χ0) is 18.9. The molecule has 1 saturated heterocycles. The molecular formula is C21H38O4. The van der Waals surface area contributed by atoms with Gasteiger partial charge in [-0.15, -0.1) is 0 Å². The molecule has 2 aliphatic rings. The van der Waals surface area contributed by atoms with Gasteiger partial charge in [0.15, 0.2) is 11.6 Å². The number of aliphatic hydroxyl groups excluding tert-OH is 1. The second-order valence-corrected chi connectivity index (χ2v) is 9.44. The zero-order valence-corrected chi connectivity index (χ0v) is 17.1. The summed E-state index contributed by atoms with van der Waals surface area (Å²) in [5.41, 5.74) is -0.643. The number of carbonyl (C=O) groups excluding carboxylic acids is 1. The molecule has 0 aromatic carbocycles. The van der Waals surface area contributed by atoms with Gasteiger partial charge in [0.25, 0.3) is 0 Å². The van der Waals surface area contributed by atoms with Crippen LogP contribution in [0.1, 0.15) is 86.5 Å². The van der Waals surface area contributed by atoms with E-state index in [1.165, 1.54) is 6.42 Å². The third-order valence-corrected chi connectivity index (χ3v) is 7.08. The number of aliphatic hydroxyl groups is 1. The summed E-state index contributed by atoms with van der Waals surface area (Å²) in [6, 6.07) is 0. The standard InChI is InChI=1S/C21H38O4/c1-7-15(2)20(6,19(3,4)5)18(23)17(22)13-16-14-24-21(25-16)11-9-8-10-12-21/h15-16,18,23H,7-14H2,1-6H3. The molecule has 1 heterocycles. The first-order valence-corrected chi connectivity index (χ1v) is 10.1. The average molecular weight is 355 g/mol. The van der Waals surface area contributed by atoms with Gasteiger partial charge in [0, 0.05) is 24.7 Å². The van der Waals surface area contributed by atoms with Crippen LogP contribution in [0.5, 0.6) is 0 Å². The predicted molar refractivity (Wildman–Crippen MR) is 99.3 cm³/mol. The number of ether oxygens (including phenoxy) is 2. The van der Waals surface area contributed by atoms with Crippen molar-refractivity contribution in [2.45, 2.75) is 104 Å². The highest BCUT2D eigenvalue weighted by atomic mass is 16.7. The molecule has 1 saturated carbocycles. The molecule has 4 nitrogen and oxygen atoms in total. The van der Waals surface area contributed by atoms with E-state index in [1.807, 2.05) is 0 Å². The van der Waals surface area contributed by atoms with Gasteiger partial charge >= 0.3 is 0 Å². The first-order chi connectivity index (χ1) is 11.6. The summed E-state index contributed by atoms with van der Waals surface area (Å²) in [7, 11) is 0. The van der Waals surface area contributed by atoms with E-state index in [9.17, 15) is 9.90 Å². The van der Waals surface area contributed by atoms with Gasteiger partial charge < -0.3 is 14.6 Å². The van der Waals surface area contributed by atoms with Crippen molar-refractivity contribution in [3.63, 3.8) is 0 Å². The van der Waals surface area contributed by atoms with Gasteiger partial charge in [0.2, 0.25) is 0 Å². The second-order valence-electron chi connectivity index (χ2n) is 9.44. The predicted octanol–water partition coefficient (Wildman–Crippen LogP) is 4.48. The minimum absolute atomic E-state index is 0.112. The van der Waals surface area contributed by atoms with Crippen LogP contribution < -0.4 is 0 Å². The summed E-state index contributed by atoms with van der Waals surface area (Å²) < 4.78 is 12.1. The number of rotatable bonds is 6. The number of hydrogen-bond donors (Lipinski definition) is 1. The van der Waals surface area contributed by atoms with Crippen molar-refractivity contribution < 1.29 is 19.4 Å². The van der Waals surface area contributed by atoms with E-state index in [0.717, 1.165) is 32.1 Å². The van der Waals surface area contributed by atoms with Crippen molar-refractivity contribution in [1.82, 2.24) is 0 Å². The smallest absolute Gasteiger partial charge is 0.168 e. The molecule has 4 atom stereocenters. The summed E-state index contributed by atoms with van der Waals surface area (Å²) >= 11 is 0. The van der Waals surface area contributed by atoms with Crippen molar-refractivity contribution in [3.05, 3.63) is 0 Å². The summed E-state index contributed by atoms with van der Waals surface area (Å²) in [5.74, 6) is -0.325. The number of ketones is 1. The normalized spacial score (nSPS) is 28.5. The van der Waals surface area contributed by atoms with Crippen LogP contribution in [0.15, 0.2) is 0 Å². The highest BCUT2D eigenvalue weighted by Crippen LogP contribution is 2.49. The Balaban J connectivity index is 2.04. The van der Waals surface area contributed by atoms with Gasteiger partial charge in [-0.3, -0.25) is 4.79 Å². The Morgan fingerprint density at radius 3 is 2.32 bits per heavy atom. The molecular weight excluding hydrogens is 316 g/mol. The van der Waals surface area contributed by atoms with Gasteiger partial charge in [-0.1, -0.05) is 54.4 Å². The Hall–Kier alpha value is -0.450. The van der Waals surface area contributed by atoms with E-state index in [2.05, 4.69) is 41.5 Å². The van der Waals surface area contributed by atoms with Gasteiger partial charge in [0.1, 0.15) is 6.10 Å². The fourth-order valence-corrected chi connectivity index (χ4v) is 4.58. The monoisotopic (exact) mass is 354 g/mol. The maximum atomic E-state index is 12.9. The fraction of sp³-hybridized carbons (Fsp3) is 0.952. The van der Waals surface area contributed by atoms with E-state index in [1.54, 1.807) is 0 Å². The van der Waals surface area contributed by atoms with Crippen LogP contribution in [0.4, 0.5) is 0 Å². The highest BCUT2D eigenvalue weighted by Gasteiger charge is 2.50. The summed E-state index contributed by atoms with van der Waals surface area (Å²) in [4.78, 5) is 12.9. The van der Waals surface area contributed by atoms with Crippen LogP contribution in [-0.4, -0.2) is 35.5 Å². The maximum Gasteiger partial charge on any atom is 0.168 e. The first-order valence-electron chi connectivity index (χ1n) is 10.1. The number of hydrogen-bond acceptors (Lipinski definition) is 4. The molecule has 0 aromatic rings. The third kappa shape index (κ3) is 4.12. The summed E-state index contributed by atoms with van der Waals surface area (Å²) in [5, 5.41) is 11.0. The number of carbonyl (C=O) groups is 1. The maximum absolute atomic E-state index is 12.9. The molecule has 1 aliphatic carbocycles. The summed E-state index contributed by atoms with van der Waals surface area (Å²) in [6.07, 6.45) is 5.30. The third-order valence-electron chi connectivity index (χ3n) is 7.08. The Morgan fingerprint density at radius 1 is 1.20 bits per heavy atom. The van der Waals surface area contributed by atoms with Gasteiger partial charge in [-0.2, -0.15) is 0 Å². The van der Waals surface area contributed by atoms with Crippen LogP contribution in [0.2, 0.25) is 0 Å². The van der Waals surface area contributed by atoms with Crippen molar-refractivity contribution >= 4 is 5.78 Å². The van der Waals surface area contributed by atoms with E-state index >= 15 is 0 Å². The van der Waals surface area contributed by atoms with Gasteiger partial charge in [0.05, 0.1) is 12.7 Å². The molecule has 25 heavy (non-hydrogen) atoms. The quantitative estimate of drug-likeness (QED) is 0.764. The van der Waals surface area contributed by atoms with Crippen molar-refractivity contribution in [1.29, 1.82) is 0 Å². The van der Waals surface area contributed by atoms with Gasteiger partial charge in [-0.05, 0) is 24.2 Å². The van der Waals surface area contributed by atoms with E-state index in [0.29, 0.717) is 6.61 Å². The van der Waals surface area contributed by atoms with E-state index < -0.39 is 17.3 Å². The first kappa shape index (κ1) is 20.9. The molecule has 0 bridgehead atoms. The topological polar surface area (TPSA) is 55.8 Å². The number of Topliss-reactive ketones (excluding diaryl/α,β-unsaturated/α-hetero) is 1. The minimum atomic E-state index is -0.978. The highest BCUT2D eigenvalue weighted by molar-refractivity contribution is 5.84. The van der Waals surface area contributed by atoms with Crippen LogP contribution in [0.3, 0.4) is 0 Å². The van der Waals surface area contributed by atoms with E-state index in [4.69, 9.17) is 9.47 Å². The molecule has 2 rings (SSSR count). The van der Waals surface area contributed by atoms with Crippen LogP contribution in [0, 0.1) is 16.7 Å². The van der Waals surface area contributed by atoms with Crippen molar-refractivity contribution in [2.24, 2.45) is 16.7 Å². The molecule has 4 heteroatoms. The zero-order valence-electron chi connectivity index (χ0n) is 17.1. The molecule has 1 aliphatic heterocycles. The summed E-state index contributed by atoms with van der Waals surface area (Å²) in [6.45, 7) is 13.1. The van der Waals surface area contributed by atoms with E-state index in [-0.39, 0.29) is 29.6 Å². The molecule has 0 aromatic heterocycles. The molecule has 0 amide bonds. The second kappa shape index (κ2) is 7.66. The Labute approximate surface area is 153 Å². The lowest BCUT2D eigenvalue weighted by Crippen LogP contribution is -2.52. The van der Waals surface area contributed by atoms with Crippen LogP contribution in [0.25, 0.3) is 0 Å². The van der Waals surface area contributed by atoms with Crippen molar-refractivity contribution in [3.8, 4) is 0 Å².